The summed E-state index contributed by atoms with van der Waals surface area (Å²) in [5.74, 6) is -0.671. The number of carbonyl (C=O) groups excluding carboxylic acids is 3. The molecule has 1 aromatic heterocycles. The van der Waals surface area contributed by atoms with E-state index in [1.54, 1.807) is 30.5 Å². The van der Waals surface area contributed by atoms with Gasteiger partial charge in [0.05, 0.1) is 16.7 Å². The lowest BCUT2D eigenvalue weighted by Gasteiger charge is -2.22. The summed E-state index contributed by atoms with van der Waals surface area (Å²) < 4.78 is 7.97. The molecule has 0 aliphatic heterocycles. The Balaban J connectivity index is 0.00000441. The van der Waals surface area contributed by atoms with Crippen LogP contribution in [0.15, 0.2) is 95.7 Å². The highest BCUT2D eigenvalue weighted by Gasteiger charge is 2.23. The van der Waals surface area contributed by atoms with Gasteiger partial charge >= 0.3 is 6.09 Å². The van der Waals surface area contributed by atoms with Crippen LogP contribution < -0.4 is 44.1 Å². The van der Waals surface area contributed by atoms with E-state index in [1.807, 2.05) is 65.4 Å². The molecule has 8 nitrogen and oxygen atoms in total. The maximum absolute atomic E-state index is 13.5. The van der Waals surface area contributed by atoms with Gasteiger partial charge in [-0.15, -0.1) is 0 Å². The number of rotatable bonds is 10. The van der Waals surface area contributed by atoms with Crippen LogP contribution in [0.3, 0.4) is 0 Å². The van der Waals surface area contributed by atoms with Gasteiger partial charge in [-0.3, -0.25) is 19.8 Å². The molecule has 2 N–H and O–H groups in total. The molecule has 3 amide bonds. The molecule has 0 atom stereocenters. The highest BCUT2D eigenvalue weighted by atomic mass is 127. The number of hydrogen-bond acceptors (Lipinski definition) is 4. The van der Waals surface area contributed by atoms with Crippen molar-refractivity contribution < 1.29 is 47.7 Å². The fourth-order valence-electron chi connectivity index (χ4n) is 4.16. The average molecular weight is 717 g/mol. The molecule has 4 rings (SSSR count). The number of anilines is 2. The number of nitrogens with zero attached hydrogens (tertiary/aromatic N) is 2. The number of fused-ring (bicyclic) bond motifs is 1. The Bertz CT molecular complexity index is 1460. The molecular weight excluding hydrogens is 687 g/mol. The minimum absolute atomic E-state index is 0. The number of pyridine rings is 1. The van der Waals surface area contributed by atoms with E-state index < -0.39 is 6.09 Å². The van der Waals surface area contributed by atoms with Crippen LogP contribution in [0, 0.1) is 0 Å². The van der Waals surface area contributed by atoms with Crippen molar-refractivity contribution in [3.05, 3.63) is 101 Å². The van der Waals surface area contributed by atoms with Crippen molar-refractivity contribution in [1.29, 1.82) is 0 Å². The maximum atomic E-state index is 13.5. The zero-order valence-electron chi connectivity index (χ0n) is 22.0. The zero-order chi connectivity index (χ0) is 27.6. The molecule has 0 unspecified atom stereocenters. The van der Waals surface area contributed by atoms with Crippen LogP contribution in [0.1, 0.15) is 23.7 Å². The number of aryl methyl sites for hydroxylation is 1. The molecule has 0 radical (unpaired) electrons. The summed E-state index contributed by atoms with van der Waals surface area (Å²) in [7, 11) is 0. The topological polar surface area (TPSA) is 91.6 Å². The summed E-state index contributed by atoms with van der Waals surface area (Å²) in [6, 6.07) is 24.1. The third-order valence-corrected chi connectivity index (χ3v) is 6.35. The van der Waals surface area contributed by atoms with Crippen molar-refractivity contribution in [3.63, 3.8) is 0 Å². The van der Waals surface area contributed by atoms with Crippen LogP contribution >= 0.6 is 15.9 Å². The van der Waals surface area contributed by atoms with E-state index in [4.69, 9.17) is 4.74 Å². The smallest absolute Gasteiger partial charge is 0.411 e. The summed E-state index contributed by atoms with van der Waals surface area (Å²) in [6.07, 6.45) is 4.00. The number of carbonyl (C=O) groups is 3. The van der Waals surface area contributed by atoms with Crippen LogP contribution in [0.4, 0.5) is 16.2 Å². The third kappa shape index (κ3) is 8.49. The zero-order valence-corrected chi connectivity index (χ0v) is 25.7. The molecule has 0 saturated heterocycles. The van der Waals surface area contributed by atoms with Gasteiger partial charge in [0.25, 0.3) is 5.91 Å². The van der Waals surface area contributed by atoms with Gasteiger partial charge < -0.3 is 34.0 Å². The highest BCUT2D eigenvalue weighted by Crippen LogP contribution is 2.23. The number of ether oxygens (including phenoxy) is 1. The Morgan fingerprint density at radius 2 is 1.68 bits per heavy atom. The van der Waals surface area contributed by atoms with Crippen LogP contribution in [-0.4, -0.2) is 37.6 Å². The average Bonchev–Trinajstić information content (AvgIpc) is 2.94. The second-order valence-electron chi connectivity index (χ2n) is 8.85. The van der Waals surface area contributed by atoms with E-state index >= 15 is 0 Å². The molecule has 0 fully saturated rings. The molecule has 4 aromatic rings. The van der Waals surface area contributed by atoms with Gasteiger partial charge in [0.15, 0.2) is 12.4 Å². The van der Waals surface area contributed by atoms with Crippen LogP contribution in [0.5, 0.6) is 0 Å². The minimum Gasteiger partial charge on any atom is -1.00 e. The second kappa shape index (κ2) is 15.3. The van der Waals surface area contributed by atoms with Crippen molar-refractivity contribution in [2.45, 2.75) is 19.9 Å². The van der Waals surface area contributed by atoms with Gasteiger partial charge in [0.1, 0.15) is 25.3 Å². The van der Waals surface area contributed by atoms with Crippen molar-refractivity contribution >= 4 is 56.0 Å². The standard InChI is InChI=1S/C30H29BrN4O4.HI/c1-2-16-34-19-23(18-24(31)20-34)29(37)35(25-11-4-3-5-12-25)21-28(36)32-15-17-39-30(38)33-27-14-8-10-22-9-6-7-13-26(22)27;/h3-14,18-20H,2,15-17,21H2,1H3,(H-,32,33,36,38);1H. The molecule has 0 aliphatic carbocycles. The molecule has 0 aliphatic rings. The molecule has 40 heavy (non-hydrogen) atoms. The van der Waals surface area contributed by atoms with Gasteiger partial charge in [-0.2, -0.15) is 0 Å². The van der Waals surface area contributed by atoms with E-state index in [9.17, 15) is 14.4 Å². The summed E-state index contributed by atoms with van der Waals surface area (Å²) >= 11 is 3.48. The van der Waals surface area contributed by atoms with Gasteiger partial charge in [-0.1, -0.05) is 61.5 Å². The van der Waals surface area contributed by atoms with Gasteiger partial charge in [-0.05, 0) is 45.6 Å². The summed E-state index contributed by atoms with van der Waals surface area (Å²) in [5.41, 5.74) is 1.71. The van der Waals surface area contributed by atoms with Crippen LogP contribution in [0.25, 0.3) is 10.8 Å². The predicted octanol–water partition coefficient (Wildman–Crippen LogP) is 2.32. The number of amides is 3. The first-order valence-electron chi connectivity index (χ1n) is 12.7. The Morgan fingerprint density at radius 3 is 2.45 bits per heavy atom. The lowest BCUT2D eigenvalue weighted by atomic mass is 10.1. The quantitative estimate of drug-likeness (QED) is 0.150. The Morgan fingerprint density at radius 1 is 0.950 bits per heavy atom. The summed E-state index contributed by atoms with van der Waals surface area (Å²) in [4.78, 5) is 40.1. The number of nitrogens with one attached hydrogen (secondary N) is 2. The van der Waals surface area contributed by atoms with E-state index in [2.05, 4.69) is 33.5 Å². The maximum Gasteiger partial charge on any atom is 0.411 e. The number of aromatic nitrogens is 1. The van der Waals surface area contributed by atoms with Crippen molar-refractivity contribution in [3.8, 4) is 0 Å². The Labute approximate surface area is 258 Å². The first-order chi connectivity index (χ1) is 18.9. The first-order valence-corrected chi connectivity index (χ1v) is 13.5. The number of para-hydroxylation sites is 1. The minimum atomic E-state index is -0.614. The largest absolute Gasteiger partial charge is 1.00 e. The third-order valence-electron chi connectivity index (χ3n) is 5.91. The molecule has 1 heterocycles. The first kappa shape index (κ1) is 31.0. The van der Waals surface area contributed by atoms with Gasteiger partial charge in [0, 0.05) is 17.5 Å². The second-order valence-corrected chi connectivity index (χ2v) is 9.76. The SMILES string of the molecule is CCC[n+]1cc(Br)cc(C(=O)N(CC(=O)NCCOC(=O)Nc2cccc3ccccc23)c2ccccc2)c1.[I-]. The summed E-state index contributed by atoms with van der Waals surface area (Å²) in [5, 5.41) is 7.38. The van der Waals surface area contributed by atoms with E-state index in [-0.39, 0.29) is 55.5 Å². The van der Waals surface area contributed by atoms with E-state index in [0.29, 0.717) is 16.9 Å². The van der Waals surface area contributed by atoms with Crippen LogP contribution in [0.2, 0.25) is 0 Å². The highest BCUT2D eigenvalue weighted by molar-refractivity contribution is 9.10. The fourth-order valence-corrected chi connectivity index (χ4v) is 4.67. The Kier molecular flexibility index (Phi) is 11.9. The number of halogens is 2. The van der Waals surface area contributed by atoms with E-state index in [1.165, 1.54) is 4.90 Å². The van der Waals surface area contributed by atoms with Gasteiger partial charge in [-0.25, -0.2) is 9.36 Å². The van der Waals surface area contributed by atoms with E-state index in [0.717, 1.165) is 28.2 Å². The normalized spacial score (nSPS) is 10.3. The molecule has 0 saturated carbocycles. The van der Waals surface area contributed by atoms with Crippen molar-refractivity contribution in [2.75, 3.05) is 29.9 Å². The fraction of sp³-hybridized carbons (Fsp3) is 0.200. The molecular formula is C30H30BrIN4O4. The monoisotopic (exact) mass is 716 g/mol. The van der Waals surface area contributed by atoms with Gasteiger partial charge in [0.2, 0.25) is 5.91 Å². The lowest BCUT2D eigenvalue weighted by molar-refractivity contribution is -0.697. The lowest BCUT2D eigenvalue weighted by Crippen LogP contribution is -3.00. The molecule has 0 spiro atoms. The summed E-state index contributed by atoms with van der Waals surface area (Å²) in [6.45, 7) is 2.72. The number of benzene rings is 3. The molecule has 3 aromatic carbocycles. The van der Waals surface area contributed by atoms with Crippen molar-refractivity contribution in [1.82, 2.24) is 5.32 Å². The Hall–Kier alpha value is -3.51. The molecule has 208 valence electrons. The molecule has 0 bridgehead atoms. The van der Waals surface area contributed by atoms with Crippen molar-refractivity contribution in [2.24, 2.45) is 0 Å². The predicted molar refractivity (Wildman–Crippen MR) is 155 cm³/mol. The van der Waals surface area contributed by atoms with Crippen LogP contribution in [-0.2, 0) is 16.1 Å². The number of hydrogen-bond donors (Lipinski definition) is 2. The molecule has 10 heteroatoms.